The van der Waals surface area contributed by atoms with Crippen LogP contribution in [-0.4, -0.2) is 72.0 Å². The van der Waals surface area contributed by atoms with Crippen molar-refractivity contribution >= 4 is 29.2 Å². The molecule has 0 atom stereocenters. The van der Waals surface area contributed by atoms with Crippen LogP contribution in [0.4, 0.5) is 0 Å². The number of hydrogen-bond donors (Lipinski definition) is 0. The van der Waals surface area contributed by atoms with Gasteiger partial charge in [0.1, 0.15) is 23.9 Å². The van der Waals surface area contributed by atoms with Crippen molar-refractivity contribution in [3.8, 4) is 34.1 Å². The Hall–Kier alpha value is -3.87. The second-order valence-electron chi connectivity index (χ2n) is 17.3. The van der Waals surface area contributed by atoms with Gasteiger partial charge in [0.2, 0.25) is 0 Å². The van der Waals surface area contributed by atoms with Crippen molar-refractivity contribution in [2.75, 3.05) is 66.1 Å². The van der Waals surface area contributed by atoms with Gasteiger partial charge in [0.15, 0.2) is 5.75 Å². The van der Waals surface area contributed by atoms with E-state index in [4.69, 9.17) is 66.1 Å². The van der Waals surface area contributed by atoms with Crippen LogP contribution in [0, 0.1) is 10.8 Å². The summed E-state index contributed by atoms with van der Waals surface area (Å²) in [6.45, 7) is 12.2. The SMILES string of the molecule is CCC1(COCCCCCCOc2ccc(COOc3ccc4c(c3)Cc3cc(OC(=O)c5ccc(OCCCCCCOCC6(CC)COC6)c(Cl)c5)ccc3-4)cc2Cl)COC1. The summed E-state index contributed by atoms with van der Waals surface area (Å²) >= 11 is 13.1. The highest BCUT2D eigenvalue weighted by molar-refractivity contribution is 6.32. The second-order valence-corrected chi connectivity index (χ2v) is 18.1. The summed E-state index contributed by atoms with van der Waals surface area (Å²) in [5.74, 6) is 1.77. The van der Waals surface area contributed by atoms with E-state index in [1.807, 2.05) is 54.6 Å². The zero-order valence-corrected chi connectivity index (χ0v) is 38.3. The van der Waals surface area contributed by atoms with E-state index < -0.39 is 5.97 Å². The molecule has 0 N–H and O–H groups in total. The van der Waals surface area contributed by atoms with Gasteiger partial charge >= 0.3 is 5.97 Å². The Kier molecular flexibility index (Phi) is 17.5. The predicted octanol–water partition coefficient (Wildman–Crippen LogP) is 12.1. The average Bonchev–Trinajstić information content (AvgIpc) is 3.62. The van der Waals surface area contributed by atoms with Crippen LogP contribution in [-0.2, 0) is 36.9 Å². The number of unbranched alkanes of at least 4 members (excludes halogenated alkanes) is 6. The van der Waals surface area contributed by atoms with E-state index in [0.29, 0.717) is 58.2 Å². The highest BCUT2D eigenvalue weighted by atomic mass is 35.5. The molecule has 0 bridgehead atoms. The number of hydrogen-bond acceptors (Lipinski definition) is 10. The van der Waals surface area contributed by atoms with Crippen molar-refractivity contribution in [3.63, 3.8) is 0 Å². The zero-order valence-electron chi connectivity index (χ0n) is 36.8. The van der Waals surface area contributed by atoms with Crippen LogP contribution < -0.4 is 19.1 Å². The zero-order chi connectivity index (χ0) is 43.9. The van der Waals surface area contributed by atoms with Crippen molar-refractivity contribution in [1.82, 2.24) is 0 Å². The van der Waals surface area contributed by atoms with Crippen LogP contribution >= 0.6 is 23.2 Å². The van der Waals surface area contributed by atoms with Gasteiger partial charge in [-0.2, -0.15) is 4.89 Å². The van der Waals surface area contributed by atoms with E-state index in [0.717, 1.165) is 145 Å². The molecule has 2 fully saturated rings. The number of carbonyl (C=O) groups excluding carboxylic acids is 1. The van der Waals surface area contributed by atoms with E-state index >= 15 is 0 Å². The van der Waals surface area contributed by atoms with Gasteiger partial charge < -0.3 is 38.0 Å². The van der Waals surface area contributed by atoms with Gasteiger partial charge in [0.05, 0.1) is 68.5 Å². The minimum Gasteiger partial charge on any atom is -0.492 e. The normalized spacial score (nSPS) is 15.5. The fourth-order valence-corrected chi connectivity index (χ4v) is 8.42. The second kappa shape index (κ2) is 23.4. The van der Waals surface area contributed by atoms with Crippen LogP contribution in [0.5, 0.6) is 23.0 Å². The molecule has 0 unspecified atom stereocenters. The molecule has 1 aliphatic carbocycles. The summed E-state index contributed by atoms with van der Waals surface area (Å²) in [6, 6.07) is 22.2. The number of halogens is 2. The summed E-state index contributed by atoms with van der Waals surface area (Å²) in [7, 11) is 0. The smallest absolute Gasteiger partial charge is 0.343 e. The number of carbonyl (C=O) groups is 1. The van der Waals surface area contributed by atoms with E-state index in [2.05, 4.69) is 13.8 Å². The quantitative estimate of drug-likeness (QED) is 0.0159. The van der Waals surface area contributed by atoms with Gasteiger partial charge in [-0.3, -0.25) is 0 Å². The molecule has 10 nitrogen and oxygen atoms in total. The molecule has 3 aliphatic rings. The van der Waals surface area contributed by atoms with Crippen molar-refractivity contribution in [3.05, 3.63) is 105 Å². The first-order chi connectivity index (χ1) is 30.8. The largest absolute Gasteiger partial charge is 0.492 e. The van der Waals surface area contributed by atoms with Crippen molar-refractivity contribution in [1.29, 1.82) is 0 Å². The molecule has 2 aliphatic heterocycles. The van der Waals surface area contributed by atoms with Crippen LogP contribution in [0.15, 0.2) is 72.8 Å². The van der Waals surface area contributed by atoms with E-state index in [9.17, 15) is 4.79 Å². The van der Waals surface area contributed by atoms with E-state index in [1.165, 1.54) is 0 Å². The lowest BCUT2D eigenvalue weighted by atomic mass is 9.84. The Bertz CT molecular complexity index is 2090. The maximum Gasteiger partial charge on any atom is 0.343 e. The standard InChI is InChI=1S/C51H62Cl2O10/c1-3-50(33-57-34-50)31-55-21-9-5-7-11-23-59-47-19-13-37(25-45(47)52)30-61-63-42-16-18-44-40(28-42)26-39-27-41(15-17-43(39)44)62-49(54)38-14-20-48(46(53)29-38)60-24-12-8-6-10-22-56-32-51(4-2)35-58-36-51/h13-20,25,27-29H,3-12,21-24,26,30-36H2,1-2H3. The third kappa shape index (κ3) is 13.1. The molecule has 2 heterocycles. The highest BCUT2D eigenvalue weighted by Crippen LogP contribution is 2.40. The molecule has 4 aromatic carbocycles. The van der Waals surface area contributed by atoms with Gasteiger partial charge in [-0.1, -0.05) is 68.1 Å². The van der Waals surface area contributed by atoms with Crippen molar-refractivity contribution < 1.29 is 47.7 Å². The lowest BCUT2D eigenvalue weighted by Gasteiger charge is -2.40. The third-order valence-electron chi connectivity index (χ3n) is 12.4. The van der Waals surface area contributed by atoms with Crippen LogP contribution in [0.3, 0.4) is 0 Å². The number of benzene rings is 4. The molecule has 340 valence electrons. The van der Waals surface area contributed by atoms with Crippen molar-refractivity contribution in [2.45, 2.75) is 91.1 Å². The molecule has 4 aromatic rings. The van der Waals surface area contributed by atoms with Crippen LogP contribution in [0.1, 0.15) is 105 Å². The Morgan fingerprint density at radius 3 is 1.65 bits per heavy atom. The first-order valence-corrected chi connectivity index (χ1v) is 23.5. The predicted molar refractivity (Wildman–Crippen MR) is 245 cm³/mol. The van der Waals surface area contributed by atoms with E-state index in [1.54, 1.807) is 18.2 Å². The molecular weight excluding hydrogens is 843 g/mol. The first kappa shape index (κ1) is 47.1. The Balaban J connectivity index is 0.770. The number of fused-ring (bicyclic) bond motifs is 3. The summed E-state index contributed by atoms with van der Waals surface area (Å²) in [5.41, 5.74) is 6.03. The summed E-state index contributed by atoms with van der Waals surface area (Å²) in [5, 5.41) is 0.910. The van der Waals surface area contributed by atoms with Gasteiger partial charge in [-0.05, 0) is 140 Å². The molecule has 2 saturated heterocycles. The topological polar surface area (TPSA) is 100 Å². The maximum absolute atomic E-state index is 13.1. The molecule has 63 heavy (non-hydrogen) atoms. The van der Waals surface area contributed by atoms with Gasteiger partial charge in [-0.15, -0.1) is 0 Å². The molecule has 0 saturated carbocycles. The third-order valence-corrected chi connectivity index (χ3v) is 13.0. The van der Waals surface area contributed by atoms with Crippen LogP contribution in [0.2, 0.25) is 10.0 Å². The Labute approximate surface area is 382 Å². The minimum absolute atomic E-state index is 0.217. The fraction of sp³-hybridized carbons (Fsp3) is 0.510. The first-order valence-electron chi connectivity index (χ1n) is 22.7. The fourth-order valence-electron chi connectivity index (χ4n) is 7.93. The van der Waals surface area contributed by atoms with Gasteiger partial charge in [-0.25, -0.2) is 4.79 Å². The molecule has 7 rings (SSSR count). The molecule has 0 radical (unpaired) electrons. The summed E-state index contributed by atoms with van der Waals surface area (Å²) < 4.78 is 40.2. The average molecular weight is 906 g/mol. The number of ether oxygens (including phenoxy) is 7. The Morgan fingerprint density at radius 2 is 1.13 bits per heavy atom. The number of rotatable bonds is 28. The number of esters is 1. The van der Waals surface area contributed by atoms with Gasteiger partial charge in [0, 0.05) is 24.0 Å². The minimum atomic E-state index is -0.490. The summed E-state index contributed by atoms with van der Waals surface area (Å²) in [4.78, 5) is 24.4. The van der Waals surface area contributed by atoms with E-state index in [-0.39, 0.29) is 17.4 Å². The lowest BCUT2D eigenvalue weighted by molar-refractivity contribution is -0.217. The molecule has 0 aromatic heterocycles. The molecule has 0 spiro atoms. The molecule has 0 amide bonds. The highest BCUT2D eigenvalue weighted by Gasteiger charge is 2.37. The maximum atomic E-state index is 13.1. The van der Waals surface area contributed by atoms with Crippen molar-refractivity contribution in [2.24, 2.45) is 10.8 Å². The summed E-state index contributed by atoms with van der Waals surface area (Å²) in [6.07, 6.45) is 11.1. The Morgan fingerprint density at radius 1 is 0.603 bits per heavy atom. The molecular formula is C51H62Cl2O10. The monoisotopic (exact) mass is 904 g/mol. The molecule has 12 heteroatoms. The lowest BCUT2D eigenvalue weighted by Crippen LogP contribution is -2.45. The van der Waals surface area contributed by atoms with Gasteiger partial charge in [0.25, 0.3) is 0 Å². The van der Waals surface area contributed by atoms with Crippen LogP contribution in [0.25, 0.3) is 11.1 Å².